The predicted molar refractivity (Wildman–Crippen MR) is 40.3 cm³/mol. The van der Waals surface area contributed by atoms with Crippen LogP contribution in [0.4, 0.5) is 0 Å². The minimum Gasteiger partial charge on any atom is -0.379 e. The molecule has 0 aliphatic heterocycles. The van der Waals surface area contributed by atoms with E-state index in [4.69, 9.17) is 4.74 Å². The number of methoxy groups -OCH3 is 1. The highest BCUT2D eigenvalue weighted by molar-refractivity contribution is 7.16. The van der Waals surface area contributed by atoms with Gasteiger partial charge in [-0.15, -0.1) is 9.24 Å². The number of hydrogen-bond donors (Lipinski definition) is 0. The van der Waals surface area contributed by atoms with Gasteiger partial charge in [0.2, 0.25) is 0 Å². The maximum atomic E-state index is 5.16. The van der Waals surface area contributed by atoms with E-state index in [1.807, 2.05) is 0 Å². The molecule has 0 rings (SSSR count). The van der Waals surface area contributed by atoms with Crippen molar-refractivity contribution in [3.8, 4) is 0 Å². The number of hydrogen-bond acceptors (Lipinski definition) is 1. The second kappa shape index (κ2) is 3.42. The van der Waals surface area contributed by atoms with E-state index in [9.17, 15) is 0 Å². The molecular formula is C6H15OP. The van der Waals surface area contributed by atoms with Crippen molar-refractivity contribution < 1.29 is 4.74 Å². The van der Waals surface area contributed by atoms with Gasteiger partial charge in [-0.3, -0.25) is 0 Å². The van der Waals surface area contributed by atoms with Crippen LogP contribution in [0, 0.1) is 0 Å². The van der Waals surface area contributed by atoms with Crippen molar-refractivity contribution in [1.82, 2.24) is 0 Å². The molecule has 0 saturated carbocycles. The molecule has 0 amide bonds. The molecule has 0 bridgehead atoms. The summed E-state index contributed by atoms with van der Waals surface area (Å²) in [5, 5.41) is 0. The maximum absolute atomic E-state index is 5.16. The normalized spacial score (nSPS) is 12.0. The molecular weight excluding hydrogens is 119 g/mol. The Morgan fingerprint density at radius 2 is 2.00 bits per heavy atom. The molecule has 50 valence electrons. The first-order valence-corrected chi connectivity index (χ1v) is 3.69. The monoisotopic (exact) mass is 134 g/mol. The van der Waals surface area contributed by atoms with E-state index < -0.39 is 0 Å². The van der Waals surface area contributed by atoms with Crippen LogP contribution in [0.3, 0.4) is 0 Å². The molecule has 2 heteroatoms. The standard InChI is InChI=1S/C6H15OP/c1-6(2,7-3)4-5-8/h4-5,8H2,1-3H3. The van der Waals surface area contributed by atoms with Crippen LogP contribution in [0.1, 0.15) is 20.3 Å². The van der Waals surface area contributed by atoms with Crippen molar-refractivity contribution in [2.24, 2.45) is 0 Å². The highest BCUT2D eigenvalue weighted by Crippen LogP contribution is 2.13. The molecule has 0 N–H and O–H groups in total. The van der Waals surface area contributed by atoms with E-state index >= 15 is 0 Å². The Morgan fingerprint density at radius 1 is 1.50 bits per heavy atom. The Morgan fingerprint density at radius 3 is 2.12 bits per heavy atom. The second-order valence-corrected chi connectivity index (χ2v) is 3.08. The third-order valence-corrected chi connectivity index (χ3v) is 1.59. The Bertz CT molecular complexity index is 61.5. The fourth-order valence-electron chi connectivity index (χ4n) is 0.450. The summed E-state index contributed by atoms with van der Waals surface area (Å²) in [6.07, 6.45) is 2.22. The average molecular weight is 134 g/mol. The van der Waals surface area contributed by atoms with Crippen LogP contribution in [-0.4, -0.2) is 18.9 Å². The van der Waals surface area contributed by atoms with Gasteiger partial charge in [-0.25, -0.2) is 0 Å². The van der Waals surface area contributed by atoms with Crippen LogP contribution in [-0.2, 0) is 4.74 Å². The summed E-state index contributed by atoms with van der Waals surface area (Å²) < 4.78 is 5.16. The lowest BCUT2D eigenvalue weighted by Crippen LogP contribution is -2.22. The van der Waals surface area contributed by atoms with E-state index in [2.05, 4.69) is 23.1 Å². The summed E-state index contributed by atoms with van der Waals surface area (Å²) >= 11 is 0. The molecule has 0 spiro atoms. The molecule has 0 aromatic heterocycles. The van der Waals surface area contributed by atoms with E-state index in [0.29, 0.717) is 0 Å². The average Bonchev–Trinajstić information content (AvgIpc) is 1.67. The van der Waals surface area contributed by atoms with E-state index in [1.165, 1.54) is 0 Å². The molecule has 0 fully saturated rings. The van der Waals surface area contributed by atoms with Crippen molar-refractivity contribution in [2.45, 2.75) is 25.9 Å². The first kappa shape index (κ1) is 8.39. The van der Waals surface area contributed by atoms with Crippen molar-refractivity contribution in [3.05, 3.63) is 0 Å². The van der Waals surface area contributed by atoms with Crippen molar-refractivity contribution in [2.75, 3.05) is 13.3 Å². The highest BCUT2D eigenvalue weighted by atomic mass is 31.0. The van der Waals surface area contributed by atoms with Gasteiger partial charge in [0.05, 0.1) is 5.60 Å². The fraction of sp³-hybridized carbons (Fsp3) is 1.00. The highest BCUT2D eigenvalue weighted by Gasteiger charge is 2.13. The summed E-state index contributed by atoms with van der Waals surface area (Å²) in [6, 6.07) is 0. The van der Waals surface area contributed by atoms with E-state index in [0.717, 1.165) is 12.6 Å². The van der Waals surface area contributed by atoms with Crippen LogP contribution >= 0.6 is 9.24 Å². The number of rotatable bonds is 3. The molecule has 0 aliphatic carbocycles. The largest absolute Gasteiger partial charge is 0.379 e. The Balaban J connectivity index is 3.37. The van der Waals surface area contributed by atoms with Gasteiger partial charge in [0, 0.05) is 7.11 Å². The van der Waals surface area contributed by atoms with Crippen LogP contribution in [0.5, 0.6) is 0 Å². The van der Waals surface area contributed by atoms with Gasteiger partial charge in [-0.1, -0.05) is 0 Å². The Kier molecular flexibility index (Phi) is 3.59. The first-order valence-electron chi connectivity index (χ1n) is 2.87. The molecule has 0 aliphatic rings. The molecule has 0 aromatic carbocycles. The third-order valence-electron chi connectivity index (χ3n) is 1.30. The number of ether oxygens (including phenoxy) is 1. The lowest BCUT2D eigenvalue weighted by Gasteiger charge is -2.21. The predicted octanol–water partition coefficient (Wildman–Crippen LogP) is 1.68. The lowest BCUT2D eigenvalue weighted by molar-refractivity contribution is 0.0206. The van der Waals surface area contributed by atoms with Gasteiger partial charge >= 0.3 is 0 Å². The van der Waals surface area contributed by atoms with Crippen molar-refractivity contribution >= 4 is 9.24 Å². The summed E-state index contributed by atoms with van der Waals surface area (Å²) in [6.45, 7) is 4.19. The van der Waals surface area contributed by atoms with Gasteiger partial charge in [0.1, 0.15) is 0 Å². The molecule has 0 aromatic rings. The Labute approximate surface area is 54.0 Å². The van der Waals surface area contributed by atoms with Crippen molar-refractivity contribution in [1.29, 1.82) is 0 Å². The van der Waals surface area contributed by atoms with Crippen molar-refractivity contribution in [3.63, 3.8) is 0 Å². The summed E-state index contributed by atoms with van der Waals surface area (Å²) in [4.78, 5) is 0. The smallest absolute Gasteiger partial charge is 0.0625 e. The first-order chi connectivity index (χ1) is 3.62. The maximum Gasteiger partial charge on any atom is 0.0625 e. The van der Waals surface area contributed by atoms with Gasteiger partial charge in [0.25, 0.3) is 0 Å². The van der Waals surface area contributed by atoms with Crippen LogP contribution in [0.2, 0.25) is 0 Å². The fourth-order valence-corrected chi connectivity index (χ4v) is 1.14. The minimum atomic E-state index is 0.0712. The van der Waals surface area contributed by atoms with Gasteiger partial charge in [-0.2, -0.15) is 0 Å². The van der Waals surface area contributed by atoms with Crippen LogP contribution in [0.15, 0.2) is 0 Å². The summed E-state index contributed by atoms with van der Waals surface area (Å²) in [7, 11) is 4.44. The van der Waals surface area contributed by atoms with Gasteiger partial charge < -0.3 is 4.74 Å². The third kappa shape index (κ3) is 3.40. The molecule has 8 heavy (non-hydrogen) atoms. The summed E-state index contributed by atoms with van der Waals surface area (Å²) in [5.41, 5.74) is 0.0712. The van der Waals surface area contributed by atoms with Crippen LogP contribution < -0.4 is 0 Å². The summed E-state index contributed by atoms with van der Waals surface area (Å²) in [5.74, 6) is 0. The second-order valence-electron chi connectivity index (χ2n) is 2.50. The zero-order chi connectivity index (χ0) is 6.62. The zero-order valence-electron chi connectivity index (χ0n) is 5.90. The minimum absolute atomic E-state index is 0.0712. The molecule has 1 unspecified atom stereocenters. The molecule has 1 atom stereocenters. The lowest BCUT2D eigenvalue weighted by atomic mass is 10.1. The Hall–Kier alpha value is 0.390. The van der Waals surface area contributed by atoms with E-state index in [1.54, 1.807) is 7.11 Å². The van der Waals surface area contributed by atoms with Gasteiger partial charge in [-0.05, 0) is 26.4 Å². The molecule has 0 saturated heterocycles. The molecule has 0 radical (unpaired) electrons. The zero-order valence-corrected chi connectivity index (χ0v) is 7.05. The molecule has 1 nitrogen and oxygen atoms in total. The molecule has 0 heterocycles. The van der Waals surface area contributed by atoms with Gasteiger partial charge in [0.15, 0.2) is 0 Å². The topological polar surface area (TPSA) is 9.23 Å². The van der Waals surface area contributed by atoms with Crippen LogP contribution in [0.25, 0.3) is 0 Å². The quantitative estimate of drug-likeness (QED) is 0.533. The van der Waals surface area contributed by atoms with E-state index in [-0.39, 0.29) is 5.60 Å². The SMILES string of the molecule is COC(C)(C)CCP.